The van der Waals surface area contributed by atoms with Gasteiger partial charge in [-0.15, -0.1) is 0 Å². The fourth-order valence-corrected chi connectivity index (χ4v) is 1.94. The van der Waals surface area contributed by atoms with Gasteiger partial charge in [0.2, 0.25) is 0 Å². The summed E-state index contributed by atoms with van der Waals surface area (Å²) in [6.45, 7) is 1.69. The first-order valence-corrected chi connectivity index (χ1v) is 6.33. The minimum atomic E-state index is -0.260. The average Bonchev–Trinajstić information content (AvgIpc) is 2.51. The van der Waals surface area contributed by atoms with Gasteiger partial charge in [-0.1, -0.05) is 18.2 Å². The van der Waals surface area contributed by atoms with Gasteiger partial charge in [-0.25, -0.2) is 10.8 Å². The lowest BCUT2D eigenvalue weighted by Gasteiger charge is -2.24. The summed E-state index contributed by atoms with van der Waals surface area (Å²) in [5.41, 5.74) is 3.66. The van der Waals surface area contributed by atoms with Crippen LogP contribution in [0.4, 0.5) is 5.82 Å². The van der Waals surface area contributed by atoms with E-state index in [9.17, 15) is 9.90 Å². The van der Waals surface area contributed by atoms with E-state index in [0.29, 0.717) is 16.9 Å². The third kappa shape index (κ3) is 2.56. The number of likely N-dealkylation sites (N-methyl/N-ethyl adjacent to an activating group) is 1. The van der Waals surface area contributed by atoms with Gasteiger partial charge in [-0.05, 0) is 19.1 Å². The molecule has 20 heavy (non-hydrogen) atoms. The van der Waals surface area contributed by atoms with Gasteiger partial charge >= 0.3 is 0 Å². The molecule has 2 aromatic rings. The molecule has 0 saturated carbocycles. The Balaban J connectivity index is 2.54. The Morgan fingerprint density at radius 3 is 2.85 bits per heavy atom. The van der Waals surface area contributed by atoms with Crippen LogP contribution < -0.4 is 11.3 Å². The molecule has 106 valence electrons. The Morgan fingerprint density at radius 1 is 1.50 bits per heavy atom. The van der Waals surface area contributed by atoms with Gasteiger partial charge in [-0.2, -0.15) is 0 Å². The number of fused-ring (bicyclic) bond motifs is 1. The number of carbonyl (C=O) groups is 1. The second-order valence-corrected chi connectivity index (χ2v) is 4.66. The van der Waals surface area contributed by atoms with Gasteiger partial charge in [0, 0.05) is 12.4 Å². The molecule has 0 saturated heterocycles. The summed E-state index contributed by atoms with van der Waals surface area (Å²) >= 11 is 0. The van der Waals surface area contributed by atoms with Crippen molar-refractivity contribution in [2.45, 2.75) is 13.0 Å². The number of hydrogen-bond donors (Lipinski definition) is 3. The maximum absolute atomic E-state index is 12.5. The van der Waals surface area contributed by atoms with Crippen LogP contribution in [0.3, 0.4) is 0 Å². The van der Waals surface area contributed by atoms with E-state index >= 15 is 0 Å². The predicted octanol–water partition coefficient (Wildman–Crippen LogP) is 0.973. The third-order valence-corrected chi connectivity index (χ3v) is 3.34. The Labute approximate surface area is 117 Å². The highest BCUT2D eigenvalue weighted by molar-refractivity contribution is 6.06. The first-order chi connectivity index (χ1) is 9.58. The fourth-order valence-electron chi connectivity index (χ4n) is 1.94. The van der Waals surface area contributed by atoms with Crippen molar-refractivity contribution in [3.05, 3.63) is 35.9 Å². The molecule has 0 fully saturated rings. The number of amides is 1. The molecule has 1 heterocycles. The molecule has 0 spiro atoms. The minimum absolute atomic E-state index is 0.0900. The normalized spacial score (nSPS) is 12.2. The predicted molar refractivity (Wildman–Crippen MR) is 78.2 cm³/mol. The molecule has 1 atom stereocenters. The summed E-state index contributed by atoms with van der Waals surface area (Å²) in [4.78, 5) is 18.4. The lowest BCUT2D eigenvalue weighted by molar-refractivity contribution is 0.0684. The van der Waals surface area contributed by atoms with Crippen LogP contribution in [0.1, 0.15) is 17.3 Å². The molecule has 0 aliphatic rings. The standard InChI is InChI=1S/C14H18N4O2/c1-9(8-19)18(2)14(20)11-7-13(17-15)16-12-6-4-3-5-10(11)12/h3-7,9,19H,8,15H2,1-2H3,(H,16,17). The molecule has 0 radical (unpaired) electrons. The monoisotopic (exact) mass is 274 g/mol. The average molecular weight is 274 g/mol. The highest BCUT2D eigenvalue weighted by Gasteiger charge is 2.20. The summed E-state index contributed by atoms with van der Waals surface area (Å²) in [7, 11) is 1.66. The number of hydrogen-bond acceptors (Lipinski definition) is 5. The van der Waals surface area contributed by atoms with Gasteiger partial charge in [0.05, 0.1) is 23.7 Å². The van der Waals surface area contributed by atoms with Crippen molar-refractivity contribution in [1.82, 2.24) is 9.88 Å². The highest BCUT2D eigenvalue weighted by Crippen LogP contribution is 2.22. The van der Waals surface area contributed by atoms with Crippen LogP contribution in [0.5, 0.6) is 0 Å². The quantitative estimate of drug-likeness (QED) is 0.571. The van der Waals surface area contributed by atoms with E-state index in [1.165, 1.54) is 4.90 Å². The summed E-state index contributed by atoms with van der Waals surface area (Å²) < 4.78 is 0. The summed E-state index contributed by atoms with van der Waals surface area (Å²) in [6, 6.07) is 8.72. The highest BCUT2D eigenvalue weighted by atomic mass is 16.3. The van der Waals surface area contributed by atoms with E-state index < -0.39 is 0 Å². The number of benzene rings is 1. The van der Waals surface area contributed by atoms with Crippen LogP contribution in [-0.2, 0) is 0 Å². The molecule has 1 aromatic carbocycles. The maximum atomic E-state index is 12.5. The van der Waals surface area contributed by atoms with Crippen LogP contribution in [0.15, 0.2) is 30.3 Å². The van der Waals surface area contributed by atoms with Crippen molar-refractivity contribution in [2.24, 2.45) is 5.84 Å². The van der Waals surface area contributed by atoms with Crippen LogP contribution >= 0.6 is 0 Å². The molecular weight excluding hydrogens is 256 g/mol. The van der Waals surface area contributed by atoms with Gasteiger partial charge in [-0.3, -0.25) is 4.79 Å². The number of nitrogens with two attached hydrogens (primary N) is 1. The molecule has 0 aliphatic carbocycles. The lowest BCUT2D eigenvalue weighted by Crippen LogP contribution is -2.37. The number of aliphatic hydroxyl groups excluding tert-OH is 1. The van der Waals surface area contributed by atoms with Gasteiger partial charge in [0.1, 0.15) is 5.82 Å². The number of hydrazine groups is 1. The van der Waals surface area contributed by atoms with Crippen molar-refractivity contribution in [2.75, 3.05) is 19.1 Å². The number of rotatable bonds is 4. The van der Waals surface area contributed by atoms with Gasteiger partial charge in [0.15, 0.2) is 0 Å². The molecule has 1 amide bonds. The summed E-state index contributed by atoms with van der Waals surface area (Å²) in [5, 5.41) is 9.93. The number of para-hydroxylation sites is 1. The number of pyridine rings is 1. The Hall–Kier alpha value is -2.18. The number of carbonyl (C=O) groups excluding carboxylic acids is 1. The first-order valence-electron chi connectivity index (χ1n) is 6.33. The van der Waals surface area contributed by atoms with Crippen LogP contribution in [0, 0.1) is 0 Å². The Kier molecular flexibility index (Phi) is 4.16. The lowest BCUT2D eigenvalue weighted by atomic mass is 10.1. The molecule has 1 unspecified atom stereocenters. The van der Waals surface area contributed by atoms with E-state index in [1.54, 1.807) is 20.0 Å². The number of nitrogens with one attached hydrogen (secondary N) is 1. The zero-order valence-corrected chi connectivity index (χ0v) is 11.5. The third-order valence-electron chi connectivity index (χ3n) is 3.34. The van der Waals surface area contributed by atoms with Crippen molar-refractivity contribution in [1.29, 1.82) is 0 Å². The SMILES string of the molecule is CC(CO)N(C)C(=O)c1cc(NN)nc2ccccc12. The van der Waals surface area contributed by atoms with E-state index in [2.05, 4.69) is 10.4 Å². The summed E-state index contributed by atoms with van der Waals surface area (Å²) in [5.74, 6) is 5.64. The van der Waals surface area contributed by atoms with Crippen LogP contribution in [0.2, 0.25) is 0 Å². The van der Waals surface area contributed by atoms with Crippen LogP contribution in [-0.4, -0.2) is 40.6 Å². The zero-order chi connectivity index (χ0) is 14.7. The molecule has 2 rings (SSSR count). The van der Waals surface area contributed by atoms with Crippen LogP contribution in [0.25, 0.3) is 10.9 Å². The van der Waals surface area contributed by atoms with Crippen molar-refractivity contribution in [3.8, 4) is 0 Å². The second kappa shape index (κ2) is 5.85. The van der Waals surface area contributed by atoms with E-state index in [-0.39, 0.29) is 18.6 Å². The van der Waals surface area contributed by atoms with Crippen molar-refractivity contribution in [3.63, 3.8) is 0 Å². The summed E-state index contributed by atoms with van der Waals surface area (Å²) in [6.07, 6.45) is 0. The fraction of sp³-hybridized carbons (Fsp3) is 0.286. The molecule has 0 aliphatic heterocycles. The maximum Gasteiger partial charge on any atom is 0.254 e. The van der Waals surface area contributed by atoms with Crippen molar-refractivity contribution < 1.29 is 9.90 Å². The number of anilines is 1. The van der Waals surface area contributed by atoms with Crippen molar-refractivity contribution >= 4 is 22.6 Å². The van der Waals surface area contributed by atoms with E-state index in [1.807, 2.05) is 24.3 Å². The van der Waals surface area contributed by atoms with E-state index in [4.69, 9.17) is 5.84 Å². The second-order valence-electron chi connectivity index (χ2n) is 4.66. The molecule has 6 heteroatoms. The van der Waals surface area contributed by atoms with Gasteiger partial charge < -0.3 is 15.4 Å². The number of aromatic nitrogens is 1. The zero-order valence-electron chi connectivity index (χ0n) is 11.5. The molecule has 6 nitrogen and oxygen atoms in total. The number of nitrogens with zero attached hydrogens (tertiary/aromatic N) is 2. The molecule has 4 N–H and O–H groups in total. The molecular formula is C14H18N4O2. The largest absolute Gasteiger partial charge is 0.394 e. The van der Waals surface area contributed by atoms with Gasteiger partial charge in [0.25, 0.3) is 5.91 Å². The topological polar surface area (TPSA) is 91.5 Å². The minimum Gasteiger partial charge on any atom is -0.394 e. The Bertz CT molecular complexity index is 630. The van der Waals surface area contributed by atoms with E-state index in [0.717, 1.165) is 5.39 Å². The number of aliphatic hydroxyl groups is 1. The smallest absolute Gasteiger partial charge is 0.254 e. The number of nitrogen functional groups attached to an aromatic ring is 1. The Morgan fingerprint density at radius 2 is 2.20 bits per heavy atom. The molecule has 0 bridgehead atoms. The molecule has 1 aromatic heterocycles. The first kappa shape index (κ1) is 14.2.